The molecule has 1 N–H and O–H groups in total. The monoisotopic (exact) mass is 372 g/mol. The Morgan fingerprint density at radius 1 is 1.19 bits per heavy atom. The van der Waals surface area contributed by atoms with Crippen molar-refractivity contribution >= 4 is 0 Å². The molecule has 1 heterocycles. The summed E-state index contributed by atoms with van der Waals surface area (Å²) in [7, 11) is 1.72. The zero-order valence-electron chi connectivity index (χ0n) is 17.0. The maximum Gasteiger partial charge on any atom is 0.174 e. The summed E-state index contributed by atoms with van der Waals surface area (Å²) in [4.78, 5) is 0. The Bertz CT molecular complexity index is 751. The summed E-state index contributed by atoms with van der Waals surface area (Å²) in [6.07, 6.45) is 3.86. The molecule has 27 heavy (non-hydrogen) atoms. The van der Waals surface area contributed by atoms with Gasteiger partial charge in [0, 0.05) is 17.8 Å². The van der Waals surface area contributed by atoms with Gasteiger partial charge in [-0.3, -0.25) is 0 Å². The largest absolute Gasteiger partial charge is 0.497 e. The van der Waals surface area contributed by atoms with E-state index in [1.54, 1.807) is 7.11 Å². The second-order valence-corrected chi connectivity index (χ2v) is 9.85. The Morgan fingerprint density at radius 3 is 2.63 bits per heavy atom. The normalized spacial score (nSPS) is 44.6. The number of benzene rings is 1. The number of rotatable bonds is 1. The molecule has 4 aliphatic rings. The fourth-order valence-corrected chi connectivity index (χ4v) is 7.48. The Kier molecular flexibility index (Phi) is 3.80. The molecule has 148 valence electrons. The molecule has 5 rings (SSSR count). The van der Waals surface area contributed by atoms with Crippen LogP contribution in [-0.2, 0) is 15.9 Å². The second kappa shape index (κ2) is 5.71. The first-order chi connectivity index (χ1) is 12.8. The van der Waals surface area contributed by atoms with Crippen molar-refractivity contribution in [3.8, 4) is 5.75 Å². The molecule has 0 aromatic heterocycles. The first-order valence-electron chi connectivity index (χ1n) is 10.5. The van der Waals surface area contributed by atoms with Crippen molar-refractivity contribution in [2.24, 2.45) is 23.2 Å². The molecule has 1 aromatic rings. The topological polar surface area (TPSA) is 47.9 Å². The van der Waals surface area contributed by atoms with Gasteiger partial charge in [-0.15, -0.1) is 0 Å². The molecule has 1 aliphatic heterocycles. The van der Waals surface area contributed by atoms with Gasteiger partial charge in [0.2, 0.25) is 0 Å². The van der Waals surface area contributed by atoms with Crippen LogP contribution in [0, 0.1) is 23.2 Å². The van der Waals surface area contributed by atoms with Crippen LogP contribution in [0.5, 0.6) is 5.75 Å². The van der Waals surface area contributed by atoms with Crippen LogP contribution < -0.4 is 4.74 Å². The molecule has 0 radical (unpaired) electrons. The number of aliphatic hydroxyl groups is 1. The maximum atomic E-state index is 11.8. The molecule has 0 bridgehead atoms. The van der Waals surface area contributed by atoms with Crippen LogP contribution in [0.3, 0.4) is 0 Å². The lowest BCUT2D eigenvalue weighted by Crippen LogP contribution is -2.60. The van der Waals surface area contributed by atoms with Gasteiger partial charge in [0.05, 0.1) is 25.9 Å². The van der Waals surface area contributed by atoms with Crippen molar-refractivity contribution in [1.82, 2.24) is 0 Å². The van der Waals surface area contributed by atoms with E-state index in [4.69, 9.17) is 14.2 Å². The van der Waals surface area contributed by atoms with Crippen molar-refractivity contribution in [2.75, 3.05) is 20.3 Å². The van der Waals surface area contributed by atoms with Gasteiger partial charge < -0.3 is 19.3 Å². The first-order valence-corrected chi connectivity index (χ1v) is 10.5. The van der Waals surface area contributed by atoms with Crippen LogP contribution in [0.4, 0.5) is 0 Å². The summed E-state index contributed by atoms with van der Waals surface area (Å²) in [5, 5.41) is 11.8. The molecule has 1 saturated heterocycles. The lowest BCUT2D eigenvalue weighted by atomic mass is 9.48. The average Bonchev–Trinajstić information content (AvgIpc) is 3.20. The third-order valence-electron chi connectivity index (χ3n) is 8.36. The SMILES string of the molecule is COc1ccc2c(c1)C[C@@H](C)C1C2C(C)(O)CC2(C)C1CCC21OCCO1. The van der Waals surface area contributed by atoms with Crippen LogP contribution in [0.1, 0.15) is 57.1 Å². The zero-order valence-corrected chi connectivity index (χ0v) is 17.0. The molecule has 5 unspecified atom stereocenters. The van der Waals surface area contributed by atoms with Crippen LogP contribution in [-0.4, -0.2) is 36.8 Å². The van der Waals surface area contributed by atoms with Gasteiger partial charge >= 0.3 is 0 Å². The van der Waals surface area contributed by atoms with Crippen LogP contribution in [0.2, 0.25) is 0 Å². The molecule has 3 fully saturated rings. The zero-order chi connectivity index (χ0) is 19.0. The Labute approximate surface area is 162 Å². The average molecular weight is 373 g/mol. The van der Waals surface area contributed by atoms with E-state index in [0.29, 0.717) is 31.0 Å². The van der Waals surface area contributed by atoms with E-state index in [1.807, 2.05) is 6.92 Å². The summed E-state index contributed by atoms with van der Waals surface area (Å²) < 4.78 is 17.9. The number of fused-ring (bicyclic) bond motifs is 6. The standard InChI is InChI=1S/C23H32O4/c1-14-11-15-12-16(25-4)5-6-17(15)20-19(14)18-7-8-23(26-9-10-27-23)21(18,2)13-22(20,3)24/h5-6,12,14,18-20,24H,7-11,13H2,1-4H3/t14-,18?,19?,20?,21?,22?/m1/s1. The third kappa shape index (κ3) is 2.27. The summed E-state index contributed by atoms with van der Waals surface area (Å²) in [6.45, 7) is 8.08. The molecular weight excluding hydrogens is 340 g/mol. The first kappa shape index (κ1) is 18.0. The molecule has 1 aromatic carbocycles. The molecule has 4 heteroatoms. The summed E-state index contributed by atoms with van der Waals surface area (Å²) in [5.74, 6) is 2.07. The van der Waals surface area contributed by atoms with Crippen LogP contribution >= 0.6 is 0 Å². The number of hydrogen-bond donors (Lipinski definition) is 1. The predicted octanol–water partition coefficient (Wildman–Crippen LogP) is 3.90. The number of hydrogen-bond acceptors (Lipinski definition) is 4. The fraction of sp³-hybridized carbons (Fsp3) is 0.739. The summed E-state index contributed by atoms with van der Waals surface area (Å²) >= 11 is 0. The molecule has 3 aliphatic carbocycles. The highest BCUT2D eigenvalue weighted by Crippen LogP contribution is 2.69. The van der Waals surface area contributed by atoms with E-state index < -0.39 is 11.4 Å². The smallest absolute Gasteiger partial charge is 0.174 e. The van der Waals surface area contributed by atoms with E-state index in [-0.39, 0.29) is 11.3 Å². The van der Waals surface area contributed by atoms with Crippen molar-refractivity contribution in [2.45, 2.75) is 63.8 Å². The van der Waals surface area contributed by atoms with Crippen molar-refractivity contribution in [3.63, 3.8) is 0 Å². The van der Waals surface area contributed by atoms with E-state index in [9.17, 15) is 5.11 Å². The molecule has 1 spiro atoms. The molecule has 6 atom stereocenters. The summed E-state index contributed by atoms with van der Waals surface area (Å²) in [5.41, 5.74) is 1.75. The molecular formula is C23H32O4. The van der Waals surface area contributed by atoms with Gasteiger partial charge in [-0.05, 0) is 67.2 Å². The fourth-order valence-electron chi connectivity index (χ4n) is 7.48. The maximum absolute atomic E-state index is 11.8. The van der Waals surface area contributed by atoms with Crippen LogP contribution in [0.15, 0.2) is 18.2 Å². The number of methoxy groups -OCH3 is 1. The highest BCUT2D eigenvalue weighted by atomic mass is 16.7. The second-order valence-electron chi connectivity index (χ2n) is 9.85. The highest BCUT2D eigenvalue weighted by molar-refractivity contribution is 5.43. The van der Waals surface area contributed by atoms with Gasteiger partial charge in [-0.2, -0.15) is 0 Å². The van der Waals surface area contributed by atoms with E-state index in [0.717, 1.165) is 31.4 Å². The van der Waals surface area contributed by atoms with E-state index in [1.165, 1.54) is 11.1 Å². The third-order valence-corrected chi connectivity index (χ3v) is 8.36. The minimum Gasteiger partial charge on any atom is -0.497 e. The van der Waals surface area contributed by atoms with Gasteiger partial charge in [0.25, 0.3) is 0 Å². The van der Waals surface area contributed by atoms with Gasteiger partial charge in [0.1, 0.15) is 5.75 Å². The van der Waals surface area contributed by atoms with Gasteiger partial charge in [-0.25, -0.2) is 0 Å². The quantitative estimate of drug-likeness (QED) is 0.812. The Hall–Kier alpha value is -1.10. The Morgan fingerprint density at radius 2 is 1.93 bits per heavy atom. The molecule has 2 saturated carbocycles. The molecule has 4 nitrogen and oxygen atoms in total. The van der Waals surface area contributed by atoms with Gasteiger partial charge in [0.15, 0.2) is 5.79 Å². The van der Waals surface area contributed by atoms with Crippen molar-refractivity contribution < 1.29 is 19.3 Å². The van der Waals surface area contributed by atoms with E-state index in [2.05, 4.69) is 32.0 Å². The van der Waals surface area contributed by atoms with E-state index >= 15 is 0 Å². The number of ether oxygens (including phenoxy) is 3. The predicted molar refractivity (Wildman–Crippen MR) is 103 cm³/mol. The molecule has 0 amide bonds. The lowest BCUT2D eigenvalue weighted by Gasteiger charge is -2.59. The minimum atomic E-state index is -0.777. The van der Waals surface area contributed by atoms with Gasteiger partial charge in [-0.1, -0.05) is 19.9 Å². The van der Waals surface area contributed by atoms with Crippen molar-refractivity contribution in [1.29, 1.82) is 0 Å². The summed E-state index contributed by atoms with van der Waals surface area (Å²) in [6, 6.07) is 6.42. The Balaban J connectivity index is 1.62. The highest BCUT2D eigenvalue weighted by Gasteiger charge is 2.69. The lowest BCUT2D eigenvalue weighted by molar-refractivity contribution is -0.260. The van der Waals surface area contributed by atoms with Crippen LogP contribution in [0.25, 0.3) is 0 Å². The van der Waals surface area contributed by atoms with Crippen molar-refractivity contribution in [3.05, 3.63) is 29.3 Å². The minimum absolute atomic E-state index is 0.133.